The Kier molecular flexibility index (Phi) is 14.7. The number of aryl methyl sites for hydroxylation is 1. The molecule has 0 amide bonds. The molecule has 1 aliphatic carbocycles. The number of ether oxygens (including phenoxy) is 3. The third kappa shape index (κ3) is 11.5. The number of aliphatic hydroxyl groups is 1. The van der Waals surface area contributed by atoms with Gasteiger partial charge < -0.3 is 23.7 Å². The number of halogens is 1. The quantitative estimate of drug-likeness (QED) is 0.0630. The number of esters is 1. The highest BCUT2D eigenvalue weighted by Crippen LogP contribution is 2.43. The smallest absolute Gasteiger partial charge is 0.348 e. The molecule has 1 unspecified atom stereocenters. The highest BCUT2D eigenvalue weighted by Gasteiger charge is 2.43. The molecule has 1 aliphatic heterocycles. The van der Waals surface area contributed by atoms with Crippen LogP contribution in [0.1, 0.15) is 106 Å². The van der Waals surface area contributed by atoms with E-state index in [9.17, 15) is 9.90 Å². The van der Waals surface area contributed by atoms with Crippen molar-refractivity contribution < 1.29 is 28.5 Å². The molecule has 2 heterocycles. The van der Waals surface area contributed by atoms with E-state index in [1.54, 1.807) is 0 Å². The summed E-state index contributed by atoms with van der Waals surface area (Å²) in [5.41, 5.74) is 0. The second-order valence-electron chi connectivity index (χ2n) is 14.0. The van der Waals surface area contributed by atoms with E-state index in [4.69, 9.17) is 30.2 Å². The molecule has 0 radical (unpaired) electrons. The second-order valence-corrected chi connectivity index (χ2v) is 20.5. The highest BCUT2D eigenvalue weighted by atomic mass is 35.5. The molecular weight excluding hydrogens is 600 g/mol. The topological polar surface area (TPSA) is 74.2 Å². The molecule has 3 rings (SSSR count). The lowest BCUT2D eigenvalue weighted by atomic mass is 9.88. The Labute approximate surface area is 271 Å². The van der Waals surface area contributed by atoms with Crippen LogP contribution < -0.4 is 0 Å². The molecule has 1 aromatic heterocycles. The van der Waals surface area contributed by atoms with Crippen LogP contribution in [0.25, 0.3) is 0 Å². The van der Waals surface area contributed by atoms with Crippen molar-refractivity contribution in [2.75, 3.05) is 13.7 Å². The van der Waals surface area contributed by atoms with Crippen molar-refractivity contribution in [3.05, 3.63) is 34.0 Å². The Morgan fingerprint density at radius 3 is 2.63 bits per heavy atom. The first-order valence-corrected chi connectivity index (χ1v) is 20.6. The number of hydrogen-bond acceptors (Lipinski definition) is 7. The van der Waals surface area contributed by atoms with Crippen molar-refractivity contribution >= 4 is 37.2 Å². The average Bonchev–Trinajstić information content (AvgIpc) is 3.53. The fourth-order valence-electron chi connectivity index (χ4n) is 5.98. The molecule has 0 aromatic carbocycles. The molecule has 9 heteroatoms. The fraction of sp³-hybridized carbons (Fsp3) is 0.794. The number of unbranched alkanes of at least 4 members (excludes halogenated alkanes) is 1. The summed E-state index contributed by atoms with van der Waals surface area (Å²) >= 11 is 8.47. The first kappa shape index (κ1) is 36.7. The molecule has 1 saturated heterocycles. The van der Waals surface area contributed by atoms with Crippen molar-refractivity contribution in [2.45, 2.75) is 146 Å². The zero-order valence-corrected chi connectivity index (χ0v) is 30.2. The molecule has 1 N–H and O–H groups in total. The van der Waals surface area contributed by atoms with Crippen LogP contribution >= 0.6 is 22.9 Å². The largest absolute Gasteiger partial charge is 0.465 e. The fourth-order valence-corrected chi connectivity index (χ4v) is 8.90. The minimum absolute atomic E-state index is 0.0109. The number of carbonyl (C=O) groups is 1. The van der Waals surface area contributed by atoms with Crippen LogP contribution in [0.4, 0.5) is 0 Å². The first-order valence-electron chi connectivity index (χ1n) is 16.4. The van der Waals surface area contributed by atoms with Crippen LogP contribution in [0, 0.1) is 11.8 Å². The SMILES string of the molecule is COC(=O)c1ccc(CCC[C@@H]2[C@H](C=C[C@@H](O)CCCC[C@@H](C)O[Si](C)(C)C(C)(C)C)[C@H](OC3CCCCO3)C[C@@H]2Cl)s1. The average molecular weight is 657 g/mol. The molecule has 7 atom stereocenters. The minimum atomic E-state index is -1.76. The van der Waals surface area contributed by atoms with E-state index in [1.165, 1.54) is 23.3 Å². The van der Waals surface area contributed by atoms with E-state index in [-0.39, 0.29) is 46.7 Å². The molecule has 0 spiro atoms. The zero-order valence-electron chi connectivity index (χ0n) is 27.6. The van der Waals surface area contributed by atoms with Crippen LogP contribution in [0.3, 0.4) is 0 Å². The number of alkyl halides is 1. The van der Waals surface area contributed by atoms with Gasteiger partial charge in [-0.25, -0.2) is 4.79 Å². The summed E-state index contributed by atoms with van der Waals surface area (Å²) in [6.45, 7) is 14.4. The van der Waals surface area contributed by atoms with Gasteiger partial charge in [0.2, 0.25) is 0 Å². The van der Waals surface area contributed by atoms with Gasteiger partial charge in [0.1, 0.15) is 4.88 Å². The molecular formula is C34H57ClO6SSi. The zero-order chi connectivity index (χ0) is 31.6. The van der Waals surface area contributed by atoms with Crippen LogP contribution in [-0.2, 0) is 25.1 Å². The molecule has 6 nitrogen and oxygen atoms in total. The van der Waals surface area contributed by atoms with Gasteiger partial charge in [-0.2, -0.15) is 0 Å². The Balaban J connectivity index is 1.53. The summed E-state index contributed by atoms with van der Waals surface area (Å²) in [4.78, 5) is 13.7. The number of rotatable bonds is 16. The number of aliphatic hydroxyl groups excluding tert-OH is 1. The summed E-state index contributed by atoms with van der Waals surface area (Å²) in [5, 5.41) is 11.1. The van der Waals surface area contributed by atoms with Crippen molar-refractivity contribution in [2.24, 2.45) is 11.8 Å². The van der Waals surface area contributed by atoms with Crippen LogP contribution in [0.2, 0.25) is 18.1 Å². The molecule has 1 saturated carbocycles. The van der Waals surface area contributed by atoms with E-state index in [0.717, 1.165) is 77.2 Å². The van der Waals surface area contributed by atoms with Crippen LogP contribution in [-0.4, -0.2) is 63.1 Å². The maximum atomic E-state index is 11.8. The van der Waals surface area contributed by atoms with Crippen molar-refractivity contribution in [1.29, 1.82) is 0 Å². The van der Waals surface area contributed by atoms with E-state index in [2.05, 4.69) is 46.9 Å². The van der Waals surface area contributed by atoms with Gasteiger partial charge in [-0.15, -0.1) is 22.9 Å². The lowest BCUT2D eigenvalue weighted by Gasteiger charge is -2.38. The van der Waals surface area contributed by atoms with Gasteiger partial charge in [-0.1, -0.05) is 45.8 Å². The normalized spacial score (nSPS) is 26.6. The molecule has 1 aromatic rings. The number of hydrogen-bond donors (Lipinski definition) is 1. The number of thiophene rings is 1. The maximum Gasteiger partial charge on any atom is 0.348 e. The monoisotopic (exact) mass is 656 g/mol. The summed E-state index contributed by atoms with van der Waals surface area (Å²) in [5.74, 6) is 0.109. The lowest BCUT2D eigenvalue weighted by Crippen LogP contribution is -2.43. The van der Waals surface area contributed by atoms with Gasteiger partial charge in [0.05, 0.1) is 19.3 Å². The Morgan fingerprint density at radius 1 is 1.21 bits per heavy atom. The summed E-state index contributed by atoms with van der Waals surface area (Å²) in [6, 6.07) is 3.86. The molecule has 2 fully saturated rings. The van der Waals surface area contributed by atoms with Crippen molar-refractivity contribution in [3.63, 3.8) is 0 Å². The second kappa shape index (κ2) is 17.3. The maximum absolute atomic E-state index is 11.8. The van der Waals surface area contributed by atoms with E-state index >= 15 is 0 Å². The molecule has 246 valence electrons. The Morgan fingerprint density at radius 2 is 1.95 bits per heavy atom. The summed E-state index contributed by atoms with van der Waals surface area (Å²) < 4.78 is 23.8. The predicted molar refractivity (Wildman–Crippen MR) is 180 cm³/mol. The van der Waals surface area contributed by atoms with Gasteiger partial charge in [-0.3, -0.25) is 0 Å². The predicted octanol–water partition coefficient (Wildman–Crippen LogP) is 8.90. The third-order valence-corrected chi connectivity index (χ3v) is 15.8. The van der Waals surface area contributed by atoms with Crippen molar-refractivity contribution in [1.82, 2.24) is 0 Å². The van der Waals surface area contributed by atoms with Gasteiger partial charge in [0.25, 0.3) is 0 Å². The lowest BCUT2D eigenvalue weighted by molar-refractivity contribution is -0.192. The van der Waals surface area contributed by atoms with E-state index in [0.29, 0.717) is 4.88 Å². The molecule has 43 heavy (non-hydrogen) atoms. The number of carbonyl (C=O) groups excluding carboxylic acids is 1. The molecule has 0 bridgehead atoms. The standard InChI is InChI=1S/C34H57ClO6SSi/c1-24(41-43(6,7)34(2,3)4)13-8-9-14-25(36)18-20-28-27(16-12-15-26-19-21-31(42-26)33(37)38-5)29(35)23-30(28)40-32-17-10-11-22-39-32/h18-21,24-25,27-30,32,36H,8-17,22-23H2,1-7H3/t24-,25+,27-,28+,29+,30-,32?/m1/s1. The third-order valence-electron chi connectivity index (χ3n) is 9.54. The number of methoxy groups -OCH3 is 1. The van der Waals surface area contributed by atoms with Gasteiger partial charge in [0.15, 0.2) is 14.6 Å². The van der Waals surface area contributed by atoms with Crippen LogP contribution in [0.15, 0.2) is 24.3 Å². The van der Waals surface area contributed by atoms with Gasteiger partial charge in [-0.05, 0) is 101 Å². The van der Waals surface area contributed by atoms with Gasteiger partial charge in [0, 0.05) is 28.9 Å². The van der Waals surface area contributed by atoms with E-state index < -0.39 is 14.4 Å². The minimum Gasteiger partial charge on any atom is -0.465 e. The Hall–Kier alpha value is -0.743. The Bertz CT molecular complexity index is 1000. The highest BCUT2D eigenvalue weighted by molar-refractivity contribution is 7.13. The van der Waals surface area contributed by atoms with Crippen LogP contribution in [0.5, 0.6) is 0 Å². The van der Waals surface area contributed by atoms with E-state index in [1.807, 2.05) is 18.2 Å². The van der Waals surface area contributed by atoms with Gasteiger partial charge >= 0.3 is 5.97 Å². The summed E-state index contributed by atoms with van der Waals surface area (Å²) in [7, 11) is -0.345. The summed E-state index contributed by atoms with van der Waals surface area (Å²) in [6.07, 6.45) is 14.2. The van der Waals surface area contributed by atoms with Crippen molar-refractivity contribution in [3.8, 4) is 0 Å². The molecule has 2 aliphatic rings. The first-order chi connectivity index (χ1) is 20.3.